The molecule has 20 heavy (non-hydrogen) atoms. The summed E-state index contributed by atoms with van der Waals surface area (Å²) in [7, 11) is 5.97. The van der Waals surface area contributed by atoms with Crippen molar-refractivity contribution in [3.8, 4) is 10.6 Å². The van der Waals surface area contributed by atoms with E-state index in [4.69, 9.17) is 7.85 Å². The van der Waals surface area contributed by atoms with Gasteiger partial charge in [-0.1, -0.05) is 41.4 Å². The molecule has 1 heterocycles. The SMILES string of the molecule is [B]C1=CCCC=C1Nc1csc(-c2cccc(C)c2)n1. The van der Waals surface area contributed by atoms with Crippen LogP contribution in [0.2, 0.25) is 0 Å². The number of nitrogens with one attached hydrogen (secondary N) is 1. The second-order valence-corrected chi connectivity index (χ2v) is 5.75. The number of hydrogen-bond donors (Lipinski definition) is 1. The number of nitrogens with zero attached hydrogens (tertiary/aromatic N) is 1. The minimum absolute atomic E-state index is 0.807. The van der Waals surface area contributed by atoms with Crippen molar-refractivity contribution in [3.63, 3.8) is 0 Å². The van der Waals surface area contributed by atoms with Crippen molar-refractivity contribution in [2.75, 3.05) is 5.32 Å². The van der Waals surface area contributed by atoms with Crippen molar-refractivity contribution in [1.82, 2.24) is 4.98 Å². The molecule has 0 saturated heterocycles. The third-order valence-electron chi connectivity index (χ3n) is 3.22. The lowest BCUT2D eigenvalue weighted by atomic mass is 9.87. The van der Waals surface area contributed by atoms with Crippen molar-refractivity contribution in [2.24, 2.45) is 0 Å². The van der Waals surface area contributed by atoms with Crippen molar-refractivity contribution in [3.05, 3.63) is 58.5 Å². The van der Waals surface area contributed by atoms with Crippen LogP contribution >= 0.6 is 11.3 Å². The van der Waals surface area contributed by atoms with E-state index in [0.29, 0.717) is 0 Å². The molecule has 4 heteroatoms. The number of allylic oxidation sites excluding steroid dienone is 3. The van der Waals surface area contributed by atoms with Gasteiger partial charge in [0.05, 0.1) is 0 Å². The zero-order valence-electron chi connectivity index (χ0n) is 11.4. The highest BCUT2D eigenvalue weighted by atomic mass is 32.1. The second-order valence-electron chi connectivity index (χ2n) is 4.89. The van der Waals surface area contributed by atoms with Gasteiger partial charge < -0.3 is 5.32 Å². The summed E-state index contributed by atoms with van der Waals surface area (Å²) < 4.78 is 0. The molecule has 0 aliphatic heterocycles. The van der Waals surface area contributed by atoms with Crippen LogP contribution in [0.1, 0.15) is 18.4 Å². The molecule has 0 spiro atoms. The largest absolute Gasteiger partial charge is 0.340 e. The average molecular weight is 278 g/mol. The van der Waals surface area contributed by atoms with E-state index in [0.717, 1.165) is 40.4 Å². The van der Waals surface area contributed by atoms with Gasteiger partial charge in [0, 0.05) is 16.6 Å². The summed E-state index contributed by atoms with van der Waals surface area (Å²) >= 11 is 1.64. The number of aromatic nitrogens is 1. The Hall–Kier alpha value is -1.81. The highest BCUT2D eigenvalue weighted by molar-refractivity contribution is 7.13. The van der Waals surface area contributed by atoms with Gasteiger partial charge in [0.1, 0.15) is 18.7 Å². The van der Waals surface area contributed by atoms with Gasteiger partial charge in [-0.15, -0.1) is 11.3 Å². The van der Waals surface area contributed by atoms with Crippen LogP contribution in [0, 0.1) is 6.92 Å². The van der Waals surface area contributed by atoms with Crippen LogP contribution in [0.25, 0.3) is 10.6 Å². The Morgan fingerprint density at radius 2 is 2.10 bits per heavy atom. The molecule has 3 rings (SSSR count). The monoisotopic (exact) mass is 278 g/mol. The maximum Gasteiger partial charge on any atom is 0.142 e. The maximum atomic E-state index is 5.97. The number of thiazole rings is 1. The Labute approximate surface area is 124 Å². The first-order valence-electron chi connectivity index (χ1n) is 6.68. The van der Waals surface area contributed by atoms with E-state index >= 15 is 0 Å². The summed E-state index contributed by atoms with van der Waals surface area (Å²) in [6.45, 7) is 2.09. The molecule has 1 N–H and O–H groups in total. The summed E-state index contributed by atoms with van der Waals surface area (Å²) in [6.07, 6.45) is 6.22. The number of anilines is 1. The smallest absolute Gasteiger partial charge is 0.142 e. The zero-order valence-corrected chi connectivity index (χ0v) is 12.2. The summed E-state index contributed by atoms with van der Waals surface area (Å²) in [6, 6.07) is 8.39. The molecule has 0 saturated carbocycles. The summed E-state index contributed by atoms with van der Waals surface area (Å²) in [5.41, 5.74) is 4.18. The van der Waals surface area contributed by atoms with Crippen LogP contribution in [-0.4, -0.2) is 12.8 Å². The molecular weight excluding hydrogens is 263 g/mol. The molecule has 2 nitrogen and oxygen atoms in total. The predicted molar refractivity (Wildman–Crippen MR) is 87.1 cm³/mol. The molecule has 0 atom stereocenters. The van der Waals surface area contributed by atoms with E-state index in [1.165, 1.54) is 5.56 Å². The van der Waals surface area contributed by atoms with Crippen LogP contribution in [0.3, 0.4) is 0 Å². The molecule has 0 unspecified atom stereocenters. The predicted octanol–water partition coefficient (Wildman–Crippen LogP) is 4.26. The fourth-order valence-corrected chi connectivity index (χ4v) is 2.95. The van der Waals surface area contributed by atoms with Gasteiger partial charge in [-0.2, -0.15) is 0 Å². The van der Waals surface area contributed by atoms with Crippen LogP contribution in [0.5, 0.6) is 0 Å². The molecular formula is C16H15BN2S. The van der Waals surface area contributed by atoms with Crippen LogP contribution in [0.4, 0.5) is 5.82 Å². The van der Waals surface area contributed by atoms with Gasteiger partial charge in [-0.3, -0.25) is 0 Å². The van der Waals surface area contributed by atoms with E-state index in [1.807, 2.05) is 5.38 Å². The van der Waals surface area contributed by atoms with Crippen LogP contribution < -0.4 is 5.32 Å². The normalized spacial score (nSPS) is 14.7. The van der Waals surface area contributed by atoms with Crippen molar-refractivity contribution < 1.29 is 0 Å². The Balaban J connectivity index is 1.81. The topological polar surface area (TPSA) is 24.9 Å². The lowest BCUT2D eigenvalue weighted by molar-refractivity contribution is 1.01. The van der Waals surface area contributed by atoms with Gasteiger partial charge >= 0.3 is 0 Å². The van der Waals surface area contributed by atoms with E-state index < -0.39 is 0 Å². The van der Waals surface area contributed by atoms with Crippen molar-refractivity contribution in [2.45, 2.75) is 19.8 Å². The highest BCUT2D eigenvalue weighted by Crippen LogP contribution is 2.28. The van der Waals surface area contributed by atoms with Gasteiger partial charge in [0.15, 0.2) is 0 Å². The number of rotatable bonds is 3. The Bertz CT molecular complexity index is 685. The summed E-state index contributed by atoms with van der Waals surface area (Å²) in [5.74, 6) is 0.857. The third kappa shape index (κ3) is 2.85. The first-order valence-corrected chi connectivity index (χ1v) is 7.56. The quantitative estimate of drug-likeness (QED) is 0.848. The maximum absolute atomic E-state index is 5.97. The van der Waals surface area contributed by atoms with Crippen LogP contribution in [0.15, 0.2) is 53.0 Å². The Kier molecular flexibility index (Phi) is 3.74. The lowest BCUT2D eigenvalue weighted by Gasteiger charge is -2.13. The van der Waals surface area contributed by atoms with Gasteiger partial charge in [0.2, 0.25) is 0 Å². The van der Waals surface area contributed by atoms with E-state index in [1.54, 1.807) is 11.3 Å². The molecule has 1 aliphatic rings. The van der Waals surface area contributed by atoms with E-state index in [2.05, 4.69) is 53.6 Å². The lowest BCUT2D eigenvalue weighted by Crippen LogP contribution is -2.05. The van der Waals surface area contributed by atoms with Crippen LogP contribution in [-0.2, 0) is 0 Å². The number of aryl methyl sites for hydroxylation is 1. The second kappa shape index (κ2) is 5.67. The first kappa shape index (κ1) is 13.2. The zero-order chi connectivity index (χ0) is 13.9. The molecule has 2 radical (unpaired) electrons. The van der Waals surface area contributed by atoms with Gasteiger partial charge in [-0.05, 0) is 25.8 Å². The number of hydrogen-bond acceptors (Lipinski definition) is 3. The van der Waals surface area contributed by atoms with Crippen molar-refractivity contribution in [1.29, 1.82) is 0 Å². The standard InChI is InChI=1S/C16H15BN2S/c1-11-5-4-6-12(9-11)16-19-15(10-20-16)18-14-8-3-2-7-13(14)17/h4-10,18H,2-3H2,1H3. The third-order valence-corrected chi connectivity index (χ3v) is 4.11. The highest BCUT2D eigenvalue weighted by Gasteiger charge is 2.08. The molecule has 1 aliphatic carbocycles. The van der Waals surface area contributed by atoms with Crippen molar-refractivity contribution >= 4 is 25.0 Å². The molecule has 0 fully saturated rings. The van der Waals surface area contributed by atoms with E-state index in [-0.39, 0.29) is 0 Å². The summed E-state index contributed by atoms with van der Waals surface area (Å²) in [5, 5.41) is 6.35. The van der Waals surface area contributed by atoms with E-state index in [9.17, 15) is 0 Å². The summed E-state index contributed by atoms with van der Waals surface area (Å²) in [4.78, 5) is 4.63. The number of benzene rings is 1. The molecule has 98 valence electrons. The Morgan fingerprint density at radius 3 is 2.90 bits per heavy atom. The molecule has 0 amide bonds. The minimum Gasteiger partial charge on any atom is -0.340 e. The first-order chi connectivity index (χ1) is 9.72. The molecule has 0 bridgehead atoms. The Morgan fingerprint density at radius 1 is 1.25 bits per heavy atom. The van der Waals surface area contributed by atoms with Gasteiger partial charge in [-0.25, -0.2) is 4.98 Å². The molecule has 1 aromatic heterocycles. The fourth-order valence-electron chi connectivity index (χ4n) is 2.20. The molecule has 2 aromatic rings. The minimum atomic E-state index is 0.807. The fraction of sp³-hybridized carbons (Fsp3) is 0.188. The van der Waals surface area contributed by atoms with Gasteiger partial charge in [0.25, 0.3) is 0 Å². The average Bonchev–Trinajstić information content (AvgIpc) is 2.90. The molecule has 1 aromatic carbocycles.